The number of hydrogen-bond donors (Lipinski definition) is 0. The standard InChI is InChI=1S/C24H22Cl2N2O2/c1-16-7-9-19(13-17(16)2)29-12-11-28-22-6-4-3-5-21(22)27-24(28)15-30-23-10-8-18(25)14-20(23)26/h3-10,13-14H,11-12,15H2,1-2H3. The minimum absolute atomic E-state index is 0.291. The van der Waals surface area contributed by atoms with Gasteiger partial charge in [-0.1, -0.05) is 41.4 Å². The first-order valence-electron chi connectivity index (χ1n) is 9.73. The first-order chi connectivity index (χ1) is 14.5. The van der Waals surface area contributed by atoms with Gasteiger partial charge in [0.05, 0.1) is 22.6 Å². The summed E-state index contributed by atoms with van der Waals surface area (Å²) in [6, 6.07) is 19.4. The second-order valence-electron chi connectivity index (χ2n) is 7.13. The van der Waals surface area contributed by atoms with Gasteiger partial charge in [-0.15, -0.1) is 0 Å². The van der Waals surface area contributed by atoms with E-state index >= 15 is 0 Å². The van der Waals surface area contributed by atoms with E-state index in [0.717, 1.165) is 22.6 Å². The predicted molar refractivity (Wildman–Crippen MR) is 122 cm³/mol. The summed E-state index contributed by atoms with van der Waals surface area (Å²) in [5.41, 5.74) is 4.43. The first kappa shape index (κ1) is 20.6. The van der Waals surface area contributed by atoms with Crippen LogP contribution in [-0.4, -0.2) is 16.2 Å². The molecule has 0 radical (unpaired) electrons. The van der Waals surface area contributed by atoms with E-state index in [1.54, 1.807) is 18.2 Å². The fourth-order valence-corrected chi connectivity index (χ4v) is 3.74. The maximum Gasteiger partial charge on any atom is 0.148 e. The molecule has 154 valence electrons. The highest BCUT2D eigenvalue weighted by atomic mass is 35.5. The van der Waals surface area contributed by atoms with E-state index < -0.39 is 0 Å². The lowest BCUT2D eigenvalue weighted by Crippen LogP contribution is -2.13. The fourth-order valence-electron chi connectivity index (χ4n) is 3.28. The zero-order valence-corrected chi connectivity index (χ0v) is 18.4. The van der Waals surface area contributed by atoms with Crippen LogP contribution in [0.4, 0.5) is 0 Å². The third-order valence-corrected chi connectivity index (χ3v) is 5.58. The molecule has 0 aliphatic heterocycles. The zero-order chi connectivity index (χ0) is 21.1. The molecule has 1 heterocycles. The Balaban J connectivity index is 1.51. The molecule has 0 aliphatic rings. The van der Waals surface area contributed by atoms with Gasteiger partial charge in [0.2, 0.25) is 0 Å². The molecule has 0 bridgehead atoms. The number of nitrogens with zero attached hydrogens (tertiary/aromatic N) is 2. The number of benzene rings is 3. The molecule has 3 aromatic carbocycles. The maximum absolute atomic E-state index is 6.23. The van der Waals surface area contributed by atoms with Gasteiger partial charge in [0.15, 0.2) is 0 Å². The van der Waals surface area contributed by atoms with Crippen LogP contribution in [0.2, 0.25) is 10.0 Å². The normalized spacial score (nSPS) is 11.1. The van der Waals surface area contributed by atoms with E-state index in [1.165, 1.54) is 11.1 Å². The summed E-state index contributed by atoms with van der Waals surface area (Å²) in [5.74, 6) is 2.25. The van der Waals surface area contributed by atoms with Crippen LogP contribution in [0.1, 0.15) is 17.0 Å². The minimum atomic E-state index is 0.291. The van der Waals surface area contributed by atoms with E-state index in [2.05, 4.69) is 36.6 Å². The summed E-state index contributed by atoms with van der Waals surface area (Å²) in [7, 11) is 0. The van der Waals surface area contributed by atoms with Crippen molar-refractivity contribution in [2.45, 2.75) is 27.0 Å². The average Bonchev–Trinajstić information content (AvgIpc) is 3.08. The van der Waals surface area contributed by atoms with E-state index in [0.29, 0.717) is 35.6 Å². The SMILES string of the molecule is Cc1ccc(OCCn2c(COc3ccc(Cl)cc3Cl)nc3ccccc32)cc1C. The Bertz CT molecular complexity index is 1190. The molecule has 4 rings (SSSR count). The van der Waals surface area contributed by atoms with E-state index in [4.69, 9.17) is 37.7 Å². The van der Waals surface area contributed by atoms with E-state index in [-0.39, 0.29) is 0 Å². The number of aromatic nitrogens is 2. The van der Waals surface area contributed by atoms with Crippen LogP contribution in [-0.2, 0) is 13.2 Å². The maximum atomic E-state index is 6.23. The lowest BCUT2D eigenvalue weighted by Gasteiger charge is -2.13. The van der Waals surface area contributed by atoms with Crippen LogP contribution in [0.3, 0.4) is 0 Å². The summed E-state index contributed by atoms with van der Waals surface area (Å²) >= 11 is 12.2. The van der Waals surface area contributed by atoms with Gasteiger partial charge in [-0.2, -0.15) is 0 Å². The number of ether oxygens (including phenoxy) is 2. The summed E-state index contributed by atoms with van der Waals surface area (Å²) < 4.78 is 14.0. The van der Waals surface area contributed by atoms with Crippen molar-refractivity contribution in [1.82, 2.24) is 9.55 Å². The molecule has 4 aromatic rings. The summed E-state index contributed by atoms with van der Waals surface area (Å²) in [6.45, 7) is 5.65. The number of imidazole rings is 1. The fraction of sp³-hybridized carbons (Fsp3) is 0.208. The van der Waals surface area contributed by atoms with Crippen molar-refractivity contribution < 1.29 is 9.47 Å². The van der Waals surface area contributed by atoms with Crippen LogP contribution >= 0.6 is 23.2 Å². The third-order valence-electron chi connectivity index (χ3n) is 5.05. The van der Waals surface area contributed by atoms with Crippen LogP contribution in [0.5, 0.6) is 11.5 Å². The number of fused-ring (bicyclic) bond motifs is 1. The molecule has 0 atom stereocenters. The quantitative estimate of drug-likeness (QED) is 0.324. The Kier molecular flexibility index (Phi) is 6.16. The molecule has 0 saturated heterocycles. The lowest BCUT2D eigenvalue weighted by atomic mass is 10.1. The van der Waals surface area contributed by atoms with Crippen molar-refractivity contribution in [3.8, 4) is 11.5 Å². The molecule has 0 spiro atoms. The van der Waals surface area contributed by atoms with Crippen molar-refractivity contribution in [1.29, 1.82) is 0 Å². The zero-order valence-electron chi connectivity index (χ0n) is 16.9. The van der Waals surface area contributed by atoms with Crippen molar-refractivity contribution in [3.63, 3.8) is 0 Å². The summed E-state index contributed by atoms with van der Waals surface area (Å²) in [5, 5.41) is 1.05. The highest BCUT2D eigenvalue weighted by molar-refractivity contribution is 6.35. The molecule has 0 N–H and O–H groups in total. The smallest absolute Gasteiger partial charge is 0.148 e. The Morgan fingerprint density at radius 3 is 2.53 bits per heavy atom. The number of aryl methyl sites for hydroxylation is 2. The second-order valence-corrected chi connectivity index (χ2v) is 7.97. The van der Waals surface area contributed by atoms with Gasteiger partial charge in [0.1, 0.15) is 30.5 Å². The number of hydrogen-bond acceptors (Lipinski definition) is 3. The molecule has 0 saturated carbocycles. The van der Waals surface area contributed by atoms with Crippen molar-refractivity contribution >= 4 is 34.2 Å². The first-order valence-corrected chi connectivity index (χ1v) is 10.5. The van der Waals surface area contributed by atoms with E-state index in [1.807, 2.05) is 24.3 Å². The lowest BCUT2D eigenvalue weighted by molar-refractivity contribution is 0.272. The average molecular weight is 441 g/mol. The molecular formula is C24H22Cl2N2O2. The van der Waals surface area contributed by atoms with E-state index in [9.17, 15) is 0 Å². The molecule has 4 nitrogen and oxygen atoms in total. The van der Waals surface area contributed by atoms with Crippen molar-refractivity contribution in [3.05, 3.63) is 87.7 Å². The minimum Gasteiger partial charge on any atom is -0.492 e. The van der Waals surface area contributed by atoms with Gasteiger partial charge in [0.25, 0.3) is 0 Å². The number of para-hydroxylation sites is 2. The monoisotopic (exact) mass is 440 g/mol. The molecule has 6 heteroatoms. The summed E-state index contributed by atoms with van der Waals surface area (Å²) in [4.78, 5) is 4.74. The Morgan fingerprint density at radius 2 is 1.73 bits per heavy atom. The molecule has 0 unspecified atom stereocenters. The highest BCUT2D eigenvalue weighted by Crippen LogP contribution is 2.28. The summed E-state index contributed by atoms with van der Waals surface area (Å²) in [6.07, 6.45) is 0. The molecule has 30 heavy (non-hydrogen) atoms. The van der Waals surface area contributed by atoms with Crippen LogP contribution in [0.25, 0.3) is 11.0 Å². The van der Waals surface area contributed by atoms with Gasteiger partial charge >= 0.3 is 0 Å². The number of halogens is 2. The second kappa shape index (κ2) is 8.99. The Morgan fingerprint density at radius 1 is 0.900 bits per heavy atom. The van der Waals surface area contributed by atoms with Gasteiger partial charge in [0, 0.05) is 5.02 Å². The number of rotatable bonds is 7. The molecule has 0 amide bonds. The Labute approximate surface area is 186 Å². The molecule has 0 aliphatic carbocycles. The van der Waals surface area contributed by atoms with Gasteiger partial charge in [-0.25, -0.2) is 4.98 Å². The molecular weight excluding hydrogens is 419 g/mol. The molecule has 0 fully saturated rings. The van der Waals surface area contributed by atoms with Crippen molar-refractivity contribution in [2.24, 2.45) is 0 Å². The topological polar surface area (TPSA) is 36.3 Å². The van der Waals surface area contributed by atoms with Crippen LogP contribution in [0.15, 0.2) is 60.7 Å². The van der Waals surface area contributed by atoms with Gasteiger partial charge in [-0.05, 0) is 67.4 Å². The Hall–Kier alpha value is -2.69. The van der Waals surface area contributed by atoms with Crippen molar-refractivity contribution in [2.75, 3.05) is 6.61 Å². The third kappa shape index (κ3) is 4.55. The van der Waals surface area contributed by atoms with Gasteiger partial charge in [-0.3, -0.25) is 0 Å². The predicted octanol–water partition coefficient (Wildman–Crippen LogP) is 6.62. The molecule has 1 aromatic heterocycles. The largest absolute Gasteiger partial charge is 0.492 e. The van der Waals surface area contributed by atoms with Gasteiger partial charge < -0.3 is 14.0 Å². The van der Waals surface area contributed by atoms with Crippen LogP contribution in [0, 0.1) is 13.8 Å². The van der Waals surface area contributed by atoms with Crippen LogP contribution < -0.4 is 9.47 Å². The highest BCUT2D eigenvalue weighted by Gasteiger charge is 2.12.